The molecule has 2 aromatic heterocycles. The minimum atomic E-state index is -0.828. The number of ether oxygens (including phenoxy) is 1. The van der Waals surface area contributed by atoms with Gasteiger partial charge in [-0.15, -0.1) is 0 Å². The third kappa shape index (κ3) is 3.79. The largest absolute Gasteiger partial charge is 0.494 e. The number of furan rings is 1. The second kappa shape index (κ2) is 8.60. The Hall–Kier alpha value is -2.98. The molecule has 35 heavy (non-hydrogen) atoms. The first-order chi connectivity index (χ1) is 16.9. The van der Waals surface area contributed by atoms with E-state index in [9.17, 15) is 14.4 Å². The minimum Gasteiger partial charge on any atom is -0.494 e. The number of nitrogens with one attached hydrogen (secondary N) is 1. The summed E-state index contributed by atoms with van der Waals surface area (Å²) in [6.07, 6.45) is 4.83. The molecule has 3 heterocycles. The van der Waals surface area contributed by atoms with E-state index in [0.29, 0.717) is 22.2 Å². The van der Waals surface area contributed by atoms with Crippen molar-refractivity contribution in [1.29, 1.82) is 0 Å². The quantitative estimate of drug-likeness (QED) is 0.327. The number of amides is 3. The number of anilines is 1. The molecular weight excluding hydrogens is 534 g/mol. The topological polar surface area (TPSA) is 102 Å². The van der Waals surface area contributed by atoms with Crippen LogP contribution in [0, 0.1) is 23.7 Å². The molecule has 2 aliphatic carbocycles. The van der Waals surface area contributed by atoms with E-state index in [0.717, 1.165) is 22.4 Å². The molecule has 1 saturated carbocycles. The van der Waals surface area contributed by atoms with Gasteiger partial charge in [-0.3, -0.25) is 19.3 Å². The number of carbonyl (C=O) groups excluding carboxylic acids is 3. The van der Waals surface area contributed by atoms with E-state index in [1.807, 2.05) is 25.1 Å². The molecule has 0 spiro atoms. The fraction of sp³-hybridized carbons (Fsp3) is 0.360. The van der Waals surface area contributed by atoms with E-state index in [2.05, 4.69) is 38.4 Å². The van der Waals surface area contributed by atoms with Crippen molar-refractivity contribution in [1.82, 2.24) is 9.88 Å². The van der Waals surface area contributed by atoms with E-state index in [-0.39, 0.29) is 47.8 Å². The number of carbonyl (C=O) groups is 3. The number of benzene rings is 1. The SMILES string of the molecule is CCOc1ccc2nc(NC(=O)CC(c3ccc(Br)o3)N3C(=O)C4C5C=CC(C5)C4C3=O)sc2c1. The summed E-state index contributed by atoms with van der Waals surface area (Å²) in [5, 5.41) is 3.28. The van der Waals surface area contributed by atoms with Crippen LogP contribution in [0.15, 0.2) is 51.6 Å². The highest BCUT2D eigenvalue weighted by molar-refractivity contribution is 9.10. The number of fused-ring (bicyclic) bond motifs is 6. The highest BCUT2D eigenvalue weighted by atomic mass is 79.9. The van der Waals surface area contributed by atoms with Crippen LogP contribution < -0.4 is 10.1 Å². The molecule has 8 nitrogen and oxygen atoms in total. The molecule has 3 amide bonds. The minimum absolute atomic E-state index is 0.0913. The zero-order valence-electron chi connectivity index (χ0n) is 18.8. The fourth-order valence-electron chi connectivity index (χ4n) is 5.62. The van der Waals surface area contributed by atoms with Crippen LogP contribution >= 0.6 is 27.3 Å². The van der Waals surface area contributed by atoms with Crippen LogP contribution in [-0.4, -0.2) is 34.2 Å². The lowest BCUT2D eigenvalue weighted by Gasteiger charge is -2.25. The van der Waals surface area contributed by atoms with Gasteiger partial charge < -0.3 is 14.5 Å². The molecule has 2 fully saturated rings. The van der Waals surface area contributed by atoms with Gasteiger partial charge in [-0.2, -0.15) is 0 Å². The zero-order chi connectivity index (χ0) is 24.3. The molecule has 1 saturated heterocycles. The van der Waals surface area contributed by atoms with Crippen molar-refractivity contribution in [2.24, 2.45) is 23.7 Å². The van der Waals surface area contributed by atoms with Gasteiger partial charge >= 0.3 is 0 Å². The van der Waals surface area contributed by atoms with Crippen molar-refractivity contribution in [2.75, 3.05) is 11.9 Å². The van der Waals surface area contributed by atoms with Crippen LogP contribution in [0.2, 0.25) is 0 Å². The molecule has 5 atom stereocenters. The van der Waals surface area contributed by atoms with Gasteiger partial charge in [0, 0.05) is 0 Å². The standard InChI is InChI=1S/C25H22BrN3O5S/c1-2-33-14-5-6-15-18(10-14)35-25(27-15)28-20(30)11-16(17-7-8-19(26)34-17)29-23(31)21-12-3-4-13(9-12)22(21)24(29)32/h3-8,10,12-13,16,21-22H,2,9,11H2,1H3,(H,27,28,30). The average Bonchev–Trinajstić information content (AvgIpc) is 3.63. The van der Waals surface area contributed by atoms with Gasteiger partial charge in [0.1, 0.15) is 17.6 Å². The normalized spacial score (nSPS) is 25.5. The Labute approximate surface area is 213 Å². The number of rotatable bonds is 7. The van der Waals surface area contributed by atoms with Crippen molar-refractivity contribution in [3.05, 3.63) is 52.9 Å². The Balaban J connectivity index is 1.25. The third-order valence-electron chi connectivity index (χ3n) is 7.03. The Bertz CT molecular complexity index is 1350. The van der Waals surface area contributed by atoms with Gasteiger partial charge in [0.15, 0.2) is 9.80 Å². The molecule has 1 aromatic carbocycles. The molecule has 1 N–H and O–H groups in total. The number of hydrogen-bond acceptors (Lipinski definition) is 7. The maximum Gasteiger partial charge on any atom is 0.234 e. The summed E-state index contributed by atoms with van der Waals surface area (Å²) < 4.78 is 12.6. The van der Waals surface area contributed by atoms with Crippen LogP contribution in [0.4, 0.5) is 5.13 Å². The number of allylic oxidation sites excluding steroid dienone is 2. The maximum atomic E-state index is 13.4. The zero-order valence-corrected chi connectivity index (χ0v) is 21.2. The van der Waals surface area contributed by atoms with Crippen molar-refractivity contribution in [3.63, 3.8) is 0 Å². The summed E-state index contributed by atoms with van der Waals surface area (Å²) in [5.74, 6) is -0.163. The maximum absolute atomic E-state index is 13.4. The molecule has 3 aliphatic rings. The summed E-state index contributed by atoms with van der Waals surface area (Å²) in [5.41, 5.74) is 0.751. The van der Waals surface area contributed by atoms with Crippen LogP contribution in [0.1, 0.15) is 31.6 Å². The molecule has 3 aromatic rings. The lowest BCUT2D eigenvalue weighted by molar-refractivity contribution is -0.144. The van der Waals surface area contributed by atoms with E-state index in [1.165, 1.54) is 16.2 Å². The lowest BCUT2D eigenvalue weighted by atomic mass is 9.85. The van der Waals surface area contributed by atoms with Gasteiger partial charge in [0.05, 0.1) is 35.1 Å². The summed E-state index contributed by atoms with van der Waals surface area (Å²) in [6, 6.07) is 8.13. The average molecular weight is 556 g/mol. The van der Waals surface area contributed by atoms with Gasteiger partial charge in [-0.25, -0.2) is 4.98 Å². The van der Waals surface area contributed by atoms with Crippen molar-refractivity contribution < 1.29 is 23.5 Å². The van der Waals surface area contributed by atoms with E-state index < -0.39 is 6.04 Å². The molecule has 6 rings (SSSR count). The molecule has 180 valence electrons. The predicted octanol–water partition coefficient (Wildman–Crippen LogP) is 4.93. The Kier molecular flexibility index (Phi) is 5.52. The van der Waals surface area contributed by atoms with Gasteiger partial charge in [-0.1, -0.05) is 23.5 Å². The first-order valence-corrected chi connectivity index (χ1v) is 13.2. The summed E-state index contributed by atoms with van der Waals surface area (Å²) in [4.78, 5) is 45.7. The van der Waals surface area contributed by atoms with E-state index in [1.54, 1.807) is 12.1 Å². The van der Waals surface area contributed by atoms with Crippen LogP contribution in [0.3, 0.4) is 0 Å². The van der Waals surface area contributed by atoms with Gasteiger partial charge in [-0.05, 0) is 71.4 Å². The lowest BCUT2D eigenvalue weighted by Crippen LogP contribution is -2.38. The molecule has 5 unspecified atom stereocenters. The molecule has 2 bridgehead atoms. The molecule has 10 heteroatoms. The van der Waals surface area contributed by atoms with Crippen LogP contribution in [0.25, 0.3) is 10.2 Å². The Morgan fingerprint density at radius 1 is 1.23 bits per heavy atom. The van der Waals surface area contributed by atoms with Crippen molar-refractivity contribution in [3.8, 4) is 5.75 Å². The monoisotopic (exact) mass is 555 g/mol. The van der Waals surface area contributed by atoms with E-state index in [4.69, 9.17) is 9.15 Å². The summed E-state index contributed by atoms with van der Waals surface area (Å²) in [6.45, 7) is 2.48. The first-order valence-electron chi connectivity index (χ1n) is 11.6. The Morgan fingerprint density at radius 3 is 2.63 bits per heavy atom. The fourth-order valence-corrected chi connectivity index (χ4v) is 6.85. The van der Waals surface area contributed by atoms with E-state index >= 15 is 0 Å². The smallest absolute Gasteiger partial charge is 0.234 e. The number of halogens is 1. The second-order valence-electron chi connectivity index (χ2n) is 9.04. The number of likely N-dealkylation sites (tertiary alicyclic amines) is 1. The molecule has 1 aliphatic heterocycles. The number of imide groups is 1. The molecular formula is C25H22BrN3O5S. The van der Waals surface area contributed by atoms with Gasteiger partial charge in [0.2, 0.25) is 17.7 Å². The second-order valence-corrected chi connectivity index (χ2v) is 10.9. The first kappa shape index (κ1) is 22.5. The summed E-state index contributed by atoms with van der Waals surface area (Å²) >= 11 is 4.63. The highest BCUT2D eigenvalue weighted by Crippen LogP contribution is 2.54. The number of thiazole rings is 1. The van der Waals surface area contributed by atoms with Crippen molar-refractivity contribution in [2.45, 2.75) is 25.8 Å². The number of hydrogen-bond donors (Lipinski definition) is 1. The van der Waals surface area contributed by atoms with Crippen LogP contribution in [-0.2, 0) is 14.4 Å². The van der Waals surface area contributed by atoms with Gasteiger partial charge in [0.25, 0.3) is 0 Å². The van der Waals surface area contributed by atoms with Crippen molar-refractivity contribution >= 4 is 60.3 Å². The van der Waals surface area contributed by atoms with Crippen LogP contribution in [0.5, 0.6) is 5.75 Å². The third-order valence-corrected chi connectivity index (χ3v) is 8.39. The molecule has 0 radical (unpaired) electrons. The number of aromatic nitrogens is 1. The summed E-state index contributed by atoms with van der Waals surface area (Å²) in [7, 11) is 0. The predicted molar refractivity (Wildman–Crippen MR) is 133 cm³/mol. The number of nitrogens with zero attached hydrogens (tertiary/aromatic N) is 2. The highest BCUT2D eigenvalue weighted by Gasteiger charge is 2.60. The Morgan fingerprint density at radius 2 is 1.97 bits per heavy atom.